The average molecular weight is 417 g/mol. The highest BCUT2D eigenvalue weighted by Gasteiger charge is 2.27. The van der Waals surface area contributed by atoms with Crippen LogP contribution in [0.1, 0.15) is 23.2 Å². The van der Waals surface area contributed by atoms with Crippen LogP contribution in [-0.2, 0) is 9.84 Å². The van der Waals surface area contributed by atoms with Crippen LogP contribution in [-0.4, -0.2) is 50.0 Å². The quantitative estimate of drug-likeness (QED) is 0.572. The molecule has 1 aliphatic heterocycles. The van der Waals surface area contributed by atoms with Gasteiger partial charge in [-0.2, -0.15) is 0 Å². The summed E-state index contributed by atoms with van der Waals surface area (Å²) in [4.78, 5) is 24.8. The Bertz CT molecular complexity index is 1000. The minimum Gasteiger partial charge on any atom is -0.379 e. The predicted octanol–water partition coefficient (Wildman–Crippen LogP) is 2.96. The molecule has 1 saturated heterocycles. The highest BCUT2D eigenvalue weighted by Crippen LogP contribution is 2.32. The first-order chi connectivity index (χ1) is 13.8. The molecular weight excluding hydrogens is 394 g/mol. The molecule has 3 rings (SSSR count). The molecule has 0 atom stereocenters. The Morgan fingerprint density at radius 2 is 1.79 bits per heavy atom. The molecule has 29 heavy (non-hydrogen) atoms. The first-order valence-corrected chi connectivity index (χ1v) is 11.2. The van der Waals surface area contributed by atoms with Gasteiger partial charge in [0, 0.05) is 31.5 Å². The zero-order valence-electron chi connectivity index (χ0n) is 16.1. The van der Waals surface area contributed by atoms with E-state index in [1.165, 1.54) is 18.2 Å². The van der Waals surface area contributed by atoms with Crippen LogP contribution in [0.2, 0.25) is 0 Å². The number of anilines is 1. The monoisotopic (exact) mass is 417 g/mol. The van der Waals surface area contributed by atoms with Crippen molar-refractivity contribution in [3.8, 4) is 0 Å². The van der Waals surface area contributed by atoms with Gasteiger partial charge in [0.1, 0.15) is 10.6 Å². The average Bonchev–Trinajstić information content (AvgIpc) is 2.71. The molecule has 0 unspecified atom stereocenters. The number of piperidine rings is 1. The molecule has 1 fully saturated rings. The van der Waals surface area contributed by atoms with Gasteiger partial charge in [-0.1, -0.05) is 24.3 Å². The zero-order chi connectivity index (χ0) is 21.0. The number of hydrogen-bond donors (Lipinski definition) is 1. The molecule has 2 aromatic rings. The number of sulfone groups is 1. The van der Waals surface area contributed by atoms with Gasteiger partial charge < -0.3 is 10.2 Å². The highest BCUT2D eigenvalue weighted by molar-refractivity contribution is 7.90. The maximum atomic E-state index is 12.5. The van der Waals surface area contributed by atoms with Crippen molar-refractivity contribution in [2.24, 2.45) is 5.92 Å². The first kappa shape index (κ1) is 20.8. The van der Waals surface area contributed by atoms with E-state index in [1.807, 2.05) is 23.1 Å². The van der Waals surface area contributed by atoms with E-state index in [2.05, 4.69) is 5.32 Å². The second-order valence-corrected chi connectivity index (χ2v) is 9.15. The summed E-state index contributed by atoms with van der Waals surface area (Å²) in [6, 6.07) is 13.4. The van der Waals surface area contributed by atoms with Gasteiger partial charge in [0.25, 0.3) is 5.91 Å². The number of para-hydroxylation sites is 1. The minimum absolute atomic E-state index is 0.00787. The van der Waals surface area contributed by atoms with Crippen LogP contribution in [0.4, 0.5) is 11.4 Å². The molecule has 9 heteroatoms. The number of carbonyl (C=O) groups is 1. The van der Waals surface area contributed by atoms with Gasteiger partial charge in [-0.3, -0.25) is 14.9 Å². The molecule has 0 bridgehead atoms. The molecular formula is C20H23N3O5S. The number of amides is 1. The third kappa shape index (κ3) is 4.92. The summed E-state index contributed by atoms with van der Waals surface area (Å²) >= 11 is 0. The molecule has 0 radical (unpaired) electrons. The minimum atomic E-state index is -3.71. The normalized spacial score (nSPS) is 15.1. The maximum absolute atomic E-state index is 12.5. The number of nitro benzene ring substituents is 1. The van der Waals surface area contributed by atoms with Gasteiger partial charge in [0.05, 0.1) is 4.92 Å². The number of carbonyl (C=O) groups excluding carboxylic acids is 1. The third-order valence-electron chi connectivity index (χ3n) is 5.08. The van der Waals surface area contributed by atoms with Crippen LogP contribution in [0.25, 0.3) is 0 Å². The van der Waals surface area contributed by atoms with E-state index < -0.39 is 20.4 Å². The lowest BCUT2D eigenvalue weighted by molar-refractivity contribution is -0.386. The molecule has 1 aliphatic rings. The van der Waals surface area contributed by atoms with E-state index in [9.17, 15) is 23.3 Å². The molecule has 1 amide bonds. The van der Waals surface area contributed by atoms with Crippen LogP contribution >= 0.6 is 0 Å². The second kappa shape index (κ2) is 8.60. The summed E-state index contributed by atoms with van der Waals surface area (Å²) in [6.07, 6.45) is 2.49. The number of hydrogen-bond acceptors (Lipinski definition) is 6. The summed E-state index contributed by atoms with van der Waals surface area (Å²) in [5.41, 5.74) is 0.435. The lowest BCUT2D eigenvalue weighted by Crippen LogP contribution is -2.39. The fraction of sp³-hybridized carbons (Fsp3) is 0.350. The van der Waals surface area contributed by atoms with Gasteiger partial charge >= 0.3 is 5.69 Å². The largest absolute Gasteiger partial charge is 0.379 e. The SMILES string of the molecule is CS(=O)(=O)c1cccc(NCC2CCN(C(=O)c3ccccc3)CC2)c1[N+](=O)[O-]. The van der Waals surface area contributed by atoms with Crippen LogP contribution in [0, 0.1) is 16.0 Å². The number of rotatable bonds is 6. The molecule has 0 spiro atoms. The maximum Gasteiger partial charge on any atom is 0.310 e. The van der Waals surface area contributed by atoms with E-state index in [-0.39, 0.29) is 22.4 Å². The topological polar surface area (TPSA) is 110 Å². The van der Waals surface area contributed by atoms with Crippen LogP contribution < -0.4 is 5.32 Å². The van der Waals surface area contributed by atoms with Crippen LogP contribution in [0.3, 0.4) is 0 Å². The Kier molecular flexibility index (Phi) is 6.17. The zero-order valence-corrected chi connectivity index (χ0v) is 16.9. The van der Waals surface area contributed by atoms with Crippen LogP contribution in [0.15, 0.2) is 53.4 Å². The molecule has 0 saturated carbocycles. The Balaban J connectivity index is 1.63. The summed E-state index contributed by atoms with van der Waals surface area (Å²) in [6.45, 7) is 1.71. The fourth-order valence-corrected chi connectivity index (χ4v) is 4.37. The Hall–Kier alpha value is -2.94. The molecule has 154 valence electrons. The summed E-state index contributed by atoms with van der Waals surface area (Å²) in [5.74, 6) is 0.241. The van der Waals surface area contributed by atoms with Crippen molar-refractivity contribution in [3.63, 3.8) is 0 Å². The standard InChI is InChI=1S/C20H23N3O5S/c1-29(27,28)18-9-5-8-17(19(18)23(25)26)21-14-15-10-12-22(13-11-15)20(24)16-6-3-2-4-7-16/h2-9,15,21H,10-14H2,1H3. The van der Waals surface area contributed by atoms with Crippen molar-refractivity contribution >= 4 is 27.1 Å². The van der Waals surface area contributed by atoms with Gasteiger partial charge in [-0.25, -0.2) is 8.42 Å². The van der Waals surface area contributed by atoms with Crippen molar-refractivity contribution in [1.82, 2.24) is 4.90 Å². The molecule has 2 aromatic carbocycles. The predicted molar refractivity (Wildman–Crippen MR) is 110 cm³/mol. The van der Waals surface area contributed by atoms with Crippen molar-refractivity contribution < 1.29 is 18.1 Å². The Morgan fingerprint density at radius 1 is 1.14 bits per heavy atom. The van der Waals surface area contributed by atoms with Crippen LogP contribution in [0.5, 0.6) is 0 Å². The van der Waals surface area contributed by atoms with E-state index in [0.717, 1.165) is 19.1 Å². The highest BCUT2D eigenvalue weighted by atomic mass is 32.2. The van der Waals surface area contributed by atoms with Gasteiger partial charge in [0.2, 0.25) is 0 Å². The lowest BCUT2D eigenvalue weighted by Gasteiger charge is -2.32. The smallest absolute Gasteiger partial charge is 0.310 e. The van der Waals surface area contributed by atoms with E-state index in [0.29, 0.717) is 25.2 Å². The van der Waals surface area contributed by atoms with E-state index in [4.69, 9.17) is 0 Å². The third-order valence-corrected chi connectivity index (χ3v) is 6.21. The molecule has 0 aliphatic carbocycles. The second-order valence-electron chi connectivity index (χ2n) is 7.16. The fourth-order valence-electron chi connectivity index (χ4n) is 3.51. The lowest BCUT2D eigenvalue weighted by atomic mass is 9.96. The summed E-state index contributed by atoms with van der Waals surface area (Å²) in [7, 11) is -3.71. The number of nitrogens with zero attached hydrogens (tertiary/aromatic N) is 2. The van der Waals surface area contributed by atoms with Crippen molar-refractivity contribution in [1.29, 1.82) is 0 Å². The number of benzene rings is 2. The van der Waals surface area contributed by atoms with E-state index in [1.54, 1.807) is 12.1 Å². The van der Waals surface area contributed by atoms with Gasteiger partial charge in [0.15, 0.2) is 9.84 Å². The molecule has 0 aromatic heterocycles. The van der Waals surface area contributed by atoms with Gasteiger partial charge in [-0.05, 0) is 43.0 Å². The number of likely N-dealkylation sites (tertiary alicyclic amines) is 1. The molecule has 1 N–H and O–H groups in total. The van der Waals surface area contributed by atoms with Crippen molar-refractivity contribution in [2.45, 2.75) is 17.7 Å². The van der Waals surface area contributed by atoms with Crippen molar-refractivity contribution in [2.75, 3.05) is 31.2 Å². The molecule has 1 heterocycles. The number of nitro groups is 1. The Morgan fingerprint density at radius 3 is 2.38 bits per heavy atom. The number of nitrogens with one attached hydrogen (secondary N) is 1. The van der Waals surface area contributed by atoms with E-state index >= 15 is 0 Å². The van der Waals surface area contributed by atoms with Gasteiger partial charge in [-0.15, -0.1) is 0 Å². The summed E-state index contributed by atoms with van der Waals surface area (Å²) in [5, 5.41) is 14.5. The van der Waals surface area contributed by atoms with Crippen molar-refractivity contribution in [3.05, 3.63) is 64.2 Å². The molecule has 8 nitrogen and oxygen atoms in total. The Labute approximate surface area is 169 Å². The first-order valence-electron chi connectivity index (χ1n) is 9.33. The summed E-state index contributed by atoms with van der Waals surface area (Å²) < 4.78 is 23.7.